The minimum Gasteiger partial charge on any atom is -0.495 e. The van der Waals surface area contributed by atoms with E-state index < -0.39 is 0 Å². The lowest BCUT2D eigenvalue weighted by Gasteiger charge is -2.40. The highest BCUT2D eigenvalue weighted by Crippen LogP contribution is 2.36. The summed E-state index contributed by atoms with van der Waals surface area (Å²) in [6.07, 6.45) is 0.739. The number of amides is 2. The lowest BCUT2D eigenvalue weighted by atomic mass is 9.91. The Labute approximate surface area is 269 Å². The Morgan fingerprint density at radius 2 is 1.72 bits per heavy atom. The molecule has 0 bridgehead atoms. The summed E-state index contributed by atoms with van der Waals surface area (Å²) in [5.74, 6) is -0.0336. The van der Waals surface area contributed by atoms with Crippen LogP contribution in [0.5, 0.6) is 5.75 Å². The lowest BCUT2D eigenvalue weighted by Crippen LogP contribution is -2.52. The maximum atomic E-state index is 14.8. The largest absolute Gasteiger partial charge is 0.495 e. The van der Waals surface area contributed by atoms with Crippen molar-refractivity contribution >= 4 is 17.5 Å². The SMILES string of the molecule is COc1cc(-c2cc(C(=O)Nc3ccc(C)cc3)c(C)n2C)c(C(=O)N2Cc3ccccc3C[C@H]2CN2CCOCC2)cc1C#N. The van der Waals surface area contributed by atoms with Gasteiger partial charge in [0.05, 0.1) is 37.0 Å². The highest BCUT2D eigenvalue weighted by molar-refractivity contribution is 6.07. The Kier molecular flexibility index (Phi) is 8.93. The number of hydrogen-bond acceptors (Lipinski definition) is 6. The van der Waals surface area contributed by atoms with Crippen LogP contribution in [0.2, 0.25) is 0 Å². The van der Waals surface area contributed by atoms with Gasteiger partial charge in [-0.1, -0.05) is 42.0 Å². The van der Waals surface area contributed by atoms with Crippen LogP contribution in [0.1, 0.15) is 48.7 Å². The smallest absolute Gasteiger partial charge is 0.257 e. The minimum atomic E-state index is -0.241. The summed E-state index contributed by atoms with van der Waals surface area (Å²) in [7, 11) is 3.39. The second kappa shape index (κ2) is 13.2. The number of benzene rings is 3. The van der Waals surface area contributed by atoms with Crippen LogP contribution >= 0.6 is 0 Å². The monoisotopic (exact) mass is 617 g/mol. The molecule has 0 saturated carbocycles. The molecule has 1 fully saturated rings. The van der Waals surface area contributed by atoms with E-state index in [4.69, 9.17) is 9.47 Å². The van der Waals surface area contributed by atoms with Gasteiger partial charge in [0.1, 0.15) is 11.8 Å². The molecule has 9 nitrogen and oxygen atoms in total. The Bertz CT molecular complexity index is 1810. The van der Waals surface area contributed by atoms with Crippen LogP contribution in [0, 0.1) is 25.2 Å². The van der Waals surface area contributed by atoms with Crippen LogP contribution in [0.15, 0.2) is 66.7 Å². The maximum Gasteiger partial charge on any atom is 0.257 e. The molecule has 1 N–H and O–H groups in total. The van der Waals surface area contributed by atoms with Gasteiger partial charge >= 0.3 is 0 Å². The van der Waals surface area contributed by atoms with Crippen LogP contribution in [-0.2, 0) is 24.8 Å². The number of aryl methyl sites for hydroxylation is 1. The van der Waals surface area contributed by atoms with Crippen molar-refractivity contribution < 1.29 is 19.1 Å². The third-order valence-electron chi connectivity index (χ3n) is 9.24. The third-order valence-corrected chi connectivity index (χ3v) is 9.24. The number of nitriles is 1. The number of aromatic nitrogens is 1. The van der Waals surface area contributed by atoms with E-state index in [1.165, 1.54) is 12.7 Å². The number of hydrogen-bond donors (Lipinski definition) is 1. The van der Waals surface area contributed by atoms with Crippen molar-refractivity contribution in [1.82, 2.24) is 14.4 Å². The van der Waals surface area contributed by atoms with Gasteiger partial charge in [-0.25, -0.2) is 0 Å². The van der Waals surface area contributed by atoms with Gasteiger partial charge in [-0.3, -0.25) is 14.5 Å². The molecule has 0 radical (unpaired) electrons. The van der Waals surface area contributed by atoms with Crippen molar-refractivity contribution in [3.63, 3.8) is 0 Å². The summed E-state index contributed by atoms with van der Waals surface area (Å²) in [6, 6.07) is 23.3. The zero-order chi connectivity index (χ0) is 32.4. The van der Waals surface area contributed by atoms with Gasteiger partial charge in [0.15, 0.2) is 0 Å². The fourth-order valence-electron chi connectivity index (χ4n) is 6.47. The van der Waals surface area contributed by atoms with Gasteiger partial charge in [-0.05, 0) is 61.7 Å². The van der Waals surface area contributed by atoms with Crippen LogP contribution < -0.4 is 10.1 Å². The summed E-state index contributed by atoms with van der Waals surface area (Å²) in [6.45, 7) is 8.08. The van der Waals surface area contributed by atoms with Crippen LogP contribution in [0.3, 0.4) is 0 Å². The van der Waals surface area contributed by atoms with Crippen LogP contribution in [0.4, 0.5) is 5.69 Å². The highest BCUT2D eigenvalue weighted by Gasteiger charge is 2.34. The first kappa shape index (κ1) is 31.1. The molecule has 6 rings (SSSR count). The van der Waals surface area contributed by atoms with E-state index in [-0.39, 0.29) is 23.4 Å². The number of rotatable bonds is 7. The Morgan fingerprint density at radius 1 is 1.00 bits per heavy atom. The van der Waals surface area contributed by atoms with E-state index in [1.54, 1.807) is 12.1 Å². The van der Waals surface area contributed by atoms with Gasteiger partial charge in [0.25, 0.3) is 11.8 Å². The first-order valence-corrected chi connectivity index (χ1v) is 15.6. The van der Waals surface area contributed by atoms with Crippen molar-refractivity contribution in [2.75, 3.05) is 45.3 Å². The number of methoxy groups -OCH3 is 1. The number of carbonyl (C=O) groups is 2. The molecular formula is C37H39N5O4. The summed E-state index contributed by atoms with van der Waals surface area (Å²) in [4.78, 5) is 32.6. The predicted molar refractivity (Wildman–Crippen MR) is 177 cm³/mol. The van der Waals surface area contributed by atoms with E-state index in [2.05, 4.69) is 28.4 Å². The Hall–Kier alpha value is -4.91. The molecule has 46 heavy (non-hydrogen) atoms. The Balaban J connectivity index is 1.41. The molecule has 3 heterocycles. The van der Waals surface area contributed by atoms with Gasteiger partial charge < -0.3 is 24.3 Å². The number of nitrogens with zero attached hydrogens (tertiary/aromatic N) is 4. The second-order valence-corrected chi connectivity index (χ2v) is 12.1. The molecule has 0 spiro atoms. The zero-order valence-electron chi connectivity index (χ0n) is 26.8. The molecular weight excluding hydrogens is 578 g/mol. The summed E-state index contributed by atoms with van der Waals surface area (Å²) in [5, 5.41) is 13.0. The second-order valence-electron chi connectivity index (χ2n) is 12.1. The highest BCUT2D eigenvalue weighted by atomic mass is 16.5. The van der Waals surface area contributed by atoms with Gasteiger partial charge in [-0.15, -0.1) is 0 Å². The summed E-state index contributed by atoms with van der Waals surface area (Å²) < 4.78 is 13.1. The van der Waals surface area contributed by atoms with Crippen molar-refractivity contribution in [1.29, 1.82) is 5.26 Å². The molecule has 1 atom stereocenters. The molecule has 236 valence electrons. The number of nitrogens with one attached hydrogen (secondary N) is 1. The first-order chi connectivity index (χ1) is 22.3. The van der Waals surface area contributed by atoms with Gasteiger partial charge in [0.2, 0.25) is 0 Å². The molecule has 2 amide bonds. The number of morpholine rings is 1. The number of ether oxygens (including phenoxy) is 2. The summed E-state index contributed by atoms with van der Waals surface area (Å²) in [5.41, 5.74) is 7.38. The zero-order valence-corrected chi connectivity index (χ0v) is 26.8. The van der Waals surface area contributed by atoms with Gasteiger partial charge in [-0.2, -0.15) is 5.26 Å². The van der Waals surface area contributed by atoms with Crippen molar-refractivity contribution in [2.45, 2.75) is 32.9 Å². The molecule has 0 unspecified atom stereocenters. The van der Waals surface area contributed by atoms with E-state index >= 15 is 0 Å². The van der Waals surface area contributed by atoms with E-state index in [1.807, 2.05) is 72.8 Å². The van der Waals surface area contributed by atoms with Crippen molar-refractivity contribution in [3.05, 3.63) is 106 Å². The van der Waals surface area contributed by atoms with Crippen LogP contribution in [-0.4, -0.2) is 72.2 Å². The maximum absolute atomic E-state index is 14.8. The average Bonchev–Trinajstić information content (AvgIpc) is 3.38. The van der Waals surface area contributed by atoms with E-state index in [0.29, 0.717) is 53.6 Å². The first-order valence-electron chi connectivity index (χ1n) is 15.6. The van der Waals surface area contributed by atoms with E-state index in [0.717, 1.165) is 42.9 Å². The number of anilines is 1. The fourth-order valence-corrected chi connectivity index (χ4v) is 6.47. The molecule has 9 heteroatoms. The predicted octanol–water partition coefficient (Wildman–Crippen LogP) is 5.34. The Morgan fingerprint density at radius 3 is 2.41 bits per heavy atom. The molecule has 2 aliphatic heterocycles. The minimum absolute atomic E-state index is 0.0630. The van der Waals surface area contributed by atoms with Gasteiger partial charge in [0, 0.05) is 61.9 Å². The normalized spacial score (nSPS) is 16.4. The molecule has 4 aromatic rings. The van der Waals surface area contributed by atoms with Crippen molar-refractivity contribution in [2.24, 2.45) is 7.05 Å². The molecule has 1 aromatic heterocycles. The number of fused-ring (bicyclic) bond motifs is 1. The number of carbonyl (C=O) groups excluding carboxylic acids is 2. The molecule has 1 saturated heterocycles. The lowest BCUT2D eigenvalue weighted by molar-refractivity contribution is 0.0193. The fraction of sp³-hybridized carbons (Fsp3) is 0.324. The average molecular weight is 618 g/mol. The topological polar surface area (TPSA) is 99.8 Å². The van der Waals surface area contributed by atoms with Crippen LogP contribution in [0.25, 0.3) is 11.3 Å². The standard InChI is InChI=1S/C37H39N5O4/c1-24-9-11-29(12-10-24)39-36(43)31-19-34(40(3)25(31)2)32-20-35(45-4)28(21-38)18-33(32)37(44)42-22-27-8-6-5-7-26(27)17-30(42)23-41-13-15-46-16-14-41/h5-12,18-20,30H,13-17,22-23H2,1-4H3,(H,39,43)/t30-/m0/s1. The quantitative estimate of drug-likeness (QED) is 0.301. The summed E-state index contributed by atoms with van der Waals surface area (Å²) >= 11 is 0. The molecule has 2 aliphatic rings. The molecule has 0 aliphatic carbocycles. The van der Waals surface area contributed by atoms with Crippen molar-refractivity contribution in [3.8, 4) is 23.1 Å². The third kappa shape index (κ3) is 6.14. The molecule has 3 aromatic carbocycles. The van der Waals surface area contributed by atoms with E-state index in [9.17, 15) is 14.9 Å².